The van der Waals surface area contributed by atoms with Gasteiger partial charge in [0, 0.05) is 47.7 Å². The van der Waals surface area contributed by atoms with Gasteiger partial charge in [0.25, 0.3) is 0 Å². The van der Waals surface area contributed by atoms with Crippen LogP contribution in [0.5, 0.6) is 11.5 Å². The number of anilines is 3. The van der Waals surface area contributed by atoms with Crippen LogP contribution in [0, 0.1) is 5.92 Å². The first-order chi connectivity index (χ1) is 18.8. The SMILES string of the molecule is C=C(C(N)=O)[C@@H]1CCOC[C@H]1Nc1ncc2c(n1)-c1cccnc1N(c1c(Cl)c(OC)cc(OC)c1Cl)C2C. The minimum Gasteiger partial charge on any atom is -0.495 e. The molecule has 2 aliphatic rings. The van der Waals surface area contributed by atoms with Gasteiger partial charge in [0.05, 0.1) is 44.3 Å². The third-order valence-corrected chi connectivity index (χ3v) is 7.88. The first kappa shape index (κ1) is 27.0. The smallest absolute Gasteiger partial charge is 0.244 e. The number of primary amides is 1. The maximum absolute atomic E-state index is 11.8. The molecule has 39 heavy (non-hydrogen) atoms. The summed E-state index contributed by atoms with van der Waals surface area (Å²) in [5, 5.41) is 3.98. The van der Waals surface area contributed by atoms with Gasteiger partial charge in [-0.25, -0.2) is 15.0 Å². The van der Waals surface area contributed by atoms with Crippen molar-refractivity contribution in [3.05, 3.63) is 58.4 Å². The van der Waals surface area contributed by atoms with Crippen molar-refractivity contribution in [3.8, 4) is 22.8 Å². The summed E-state index contributed by atoms with van der Waals surface area (Å²) in [6.07, 6.45) is 4.08. The van der Waals surface area contributed by atoms with Gasteiger partial charge in [-0.15, -0.1) is 0 Å². The van der Waals surface area contributed by atoms with E-state index in [1.165, 1.54) is 14.2 Å². The number of pyridine rings is 1. The highest BCUT2D eigenvalue weighted by molar-refractivity contribution is 6.41. The first-order valence-electron chi connectivity index (χ1n) is 12.3. The Hall–Kier alpha value is -3.60. The lowest BCUT2D eigenvalue weighted by Crippen LogP contribution is -2.42. The molecule has 4 heterocycles. The third kappa shape index (κ3) is 4.73. The molecule has 2 aromatic heterocycles. The molecule has 1 fully saturated rings. The summed E-state index contributed by atoms with van der Waals surface area (Å²) in [5.74, 6) is 1.12. The molecule has 5 rings (SSSR count). The first-order valence-corrected chi connectivity index (χ1v) is 13.1. The molecule has 3 atom stereocenters. The van der Waals surface area contributed by atoms with Gasteiger partial charge in [0.15, 0.2) is 0 Å². The molecule has 0 saturated carbocycles. The predicted molar refractivity (Wildman–Crippen MR) is 150 cm³/mol. The number of nitrogens with one attached hydrogen (secondary N) is 1. The summed E-state index contributed by atoms with van der Waals surface area (Å²) in [6.45, 7) is 6.77. The molecule has 1 amide bonds. The van der Waals surface area contributed by atoms with E-state index in [-0.39, 0.29) is 18.0 Å². The molecule has 1 unspecified atom stereocenters. The number of carbonyl (C=O) groups is 1. The van der Waals surface area contributed by atoms with E-state index in [1.54, 1.807) is 18.5 Å². The van der Waals surface area contributed by atoms with Crippen molar-refractivity contribution in [1.29, 1.82) is 0 Å². The van der Waals surface area contributed by atoms with Crippen LogP contribution in [0.25, 0.3) is 11.3 Å². The monoisotopic (exact) mass is 570 g/mol. The maximum atomic E-state index is 11.8. The number of benzene rings is 1. The molecule has 3 N–H and O–H groups in total. The van der Waals surface area contributed by atoms with Crippen molar-refractivity contribution < 1.29 is 19.0 Å². The highest BCUT2D eigenvalue weighted by Crippen LogP contribution is 2.54. The Kier molecular flexibility index (Phi) is 7.53. The highest BCUT2D eigenvalue weighted by atomic mass is 35.5. The summed E-state index contributed by atoms with van der Waals surface area (Å²) in [6, 6.07) is 4.85. The van der Waals surface area contributed by atoms with Crippen molar-refractivity contribution in [2.24, 2.45) is 11.7 Å². The fraction of sp³-hybridized carbons (Fsp3) is 0.333. The molecule has 0 bridgehead atoms. The highest BCUT2D eigenvalue weighted by Gasteiger charge is 2.36. The Labute approximate surface area is 236 Å². The second-order valence-corrected chi connectivity index (χ2v) is 10.0. The molecule has 0 aliphatic carbocycles. The van der Waals surface area contributed by atoms with E-state index in [0.717, 1.165) is 11.1 Å². The largest absolute Gasteiger partial charge is 0.495 e. The van der Waals surface area contributed by atoms with E-state index >= 15 is 0 Å². The van der Waals surface area contributed by atoms with Gasteiger partial charge in [0.1, 0.15) is 27.4 Å². The zero-order chi connectivity index (χ0) is 27.8. The van der Waals surface area contributed by atoms with E-state index in [4.69, 9.17) is 48.1 Å². The van der Waals surface area contributed by atoms with Crippen LogP contribution in [0.3, 0.4) is 0 Å². The van der Waals surface area contributed by atoms with E-state index in [0.29, 0.717) is 69.9 Å². The van der Waals surface area contributed by atoms with Crippen molar-refractivity contribution in [1.82, 2.24) is 15.0 Å². The zero-order valence-electron chi connectivity index (χ0n) is 21.7. The number of hydrogen-bond acceptors (Lipinski definition) is 9. The van der Waals surface area contributed by atoms with Gasteiger partial charge in [-0.2, -0.15) is 0 Å². The number of amides is 1. The summed E-state index contributed by atoms with van der Waals surface area (Å²) in [7, 11) is 3.06. The number of rotatable bonds is 7. The molecule has 1 saturated heterocycles. The van der Waals surface area contributed by atoms with Gasteiger partial charge in [-0.05, 0) is 25.5 Å². The van der Waals surface area contributed by atoms with E-state index in [9.17, 15) is 4.79 Å². The number of methoxy groups -OCH3 is 2. The zero-order valence-corrected chi connectivity index (χ0v) is 23.2. The molecule has 0 spiro atoms. The number of hydrogen-bond donors (Lipinski definition) is 2. The standard InChI is InChI=1S/C27H28Cl2N6O4/c1-13(25(30)36)15-7-9-39-12-18(15)33-27-32-11-17-14(2)35(26-16(23(17)34-27)6-5-8-31-26)24-21(28)19(37-3)10-20(38-4)22(24)29/h5-6,8,10-11,14-15,18H,1,7,9,12H2,2-4H3,(H2,30,36)(H,32,33,34)/t14?,15-,18+/m0/s1. The molecule has 1 aromatic carbocycles. The number of fused-ring (bicyclic) bond motifs is 3. The van der Waals surface area contributed by atoms with Crippen LogP contribution >= 0.6 is 23.2 Å². The second kappa shape index (κ2) is 10.9. The minimum absolute atomic E-state index is 0.188. The average molecular weight is 571 g/mol. The lowest BCUT2D eigenvalue weighted by atomic mass is 9.87. The number of nitrogens with zero attached hydrogens (tertiary/aromatic N) is 4. The maximum Gasteiger partial charge on any atom is 0.244 e. The number of aromatic nitrogens is 3. The third-order valence-electron chi connectivity index (χ3n) is 7.15. The molecule has 12 heteroatoms. The summed E-state index contributed by atoms with van der Waals surface area (Å²) in [5.41, 5.74) is 8.69. The second-order valence-electron chi connectivity index (χ2n) is 9.29. The van der Waals surface area contributed by atoms with E-state index < -0.39 is 5.91 Å². The van der Waals surface area contributed by atoms with Crippen LogP contribution in [0.2, 0.25) is 10.0 Å². The van der Waals surface area contributed by atoms with Crippen LogP contribution in [0.15, 0.2) is 42.7 Å². The van der Waals surface area contributed by atoms with Crippen LogP contribution < -0.4 is 25.4 Å². The average Bonchev–Trinajstić information content (AvgIpc) is 2.94. The molecule has 10 nitrogen and oxygen atoms in total. The number of nitrogens with two attached hydrogens (primary N) is 1. The fourth-order valence-corrected chi connectivity index (χ4v) is 5.79. The van der Waals surface area contributed by atoms with Crippen LogP contribution in [0.1, 0.15) is 24.9 Å². The van der Waals surface area contributed by atoms with Gasteiger partial charge < -0.3 is 30.2 Å². The van der Waals surface area contributed by atoms with E-state index in [1.807, 2.05) is 24.0 Å². The Morgan fingerprint density at radius 3 is 2.62 bits per heavy atom. The molecule has 3 aromatic rings. The Bertz CT molecular complexity index is 1420. The number of ether oxygens (including phenoxy) is 3. The molecule has 2 aliphatic heterocycles. The van der Waals surface area contributed by atoms with Gasteiger partial charge >= 0.3 is 0 Å². The lowest BCUT2D eigenvalue weighted by molar-refractivity contribution is -0.115. The molecular formula is C27H28Cl2N6O4. The number of carbonyl (C=O) groups excluding carboxylic acids is 1. The summed E-state index contributed by atoms with van der Waals surface area (Å²) in [4.78, 5) is 27.9. The Morgan fingerprint density at radius 1 is 1.23 bits per heavy atom. The van der Waals surface area contributed by atoms with Crippen LogP contribution in [-0.2, 0) is 9.53 Å². The minimum atomic E-state index is -0.527. The Balaban J connectivity index is 1.57. The predicted octanol–water partition coefficient (Wildman–Crippen LogP) is 4.93. The van der Waals surface area contributed by atoms with Crippen molar-refractivity contribution in [2.45, 2.75) is 25.4 Å². The van der Waals surface area contributed by atoms with Crippen molar-refractivity contribution in [2.75, 3.05) is 37.7 Å². The van der Waals surface area contributed by atoms with Gasteiger partial charge in [0.2, 0.25) is 11.9 Å². The summed E-state index contributed by atoms with van der Waals surface area (Å²) < 4.78 is 16.6. The van der Waals surface area contributed by atoms with Gasteiger partial charge in [-0.1, -0.05) is 29.8 Å². The molecular weight excluding hydrogens is 543 g/mol. The van der Waals surface area contributed by atoms with Crippen LogP contribution in [-0.4, -0.2) is 54.3 Å². The quantitative estimate of drug-likeness (QED) is 0.380. The topological polar surface area (TPSA) is 125 Å². The fourth-order valence-electron chi connectivity index (χ4n) is 5.11. The van der Waals surface area contributed by atoms with Crippen LogP contribution in [0.4, 0.5) is 17.5 Å². The molecule has 204 valence electrons. The van der Waals surface area contributed by atoms with Crippen molar-refractivity contribution >= 4 is 46.6 Å². The Morgan fingerprint density at radius 2 is 1.95 bits per heavy atom. The summed E-state index contributed by atoms with van der Waals surface area (Å²) >= 11 is 13.6. The van der Waals surface area contributed by atoms with E-state index in [2.05, 4.69) is 21.9 Å². The lowest BCUT2D eigenvalue weighted by Gasteiger charge is -2.38. The van der Waals surface area contributed by atoms with Gasteiger partial charge in [-0.3, -0.25) is 4.79 Å². The number of halogens is 2. The molecule has 0 radical (unpaired) electrons. The van der Waals surface area contributed by atoms with Crippen molar-refractivity contribution in [3.63, 3.8) is 0 Å². The normalized spacial score (nSPS) is 20.0.